The third-order valence-corrected chi connectivity index (χ3v) is 4.42. The van der Waals surface area contributed by atoms with Gasteiger partial charge in [0.15, 0.2) is 0 Å². The molecule has 104 valence electrons. The van der Waals surface area contributed by atoms with E-state index in [1.54, 1.807) is 6.33 Å². The van der Waals surface area contributed by atoms with Crippen molar-refractivity contribution in [3.63, 3.8) is 0 Å². The lowest BCUT2D eigenvalue weighted by molar-refractivity contribution is 0.613. The van der Waals surface area contributed by atoms with Gasteiger partial charge in [0, 0.05) is 17.8 Å². The van der Waals surface area contributed by atoms with Gasteiger partial charge in [-0.1, -0.05) is 23.8 Å². The van der Waals surface area contributed by atoms with Crippen LogP contribution in [0, 0.1) is 20.8 Å². The molecular formula is C17H21N3. The summed E-state index contributed by atoms with van der Waals surface area (Å²) in [5.74, 6) is 1.08. The van der Waals surface area contributed by atoms with Crippen LogP contribution in [0.1, 0.15) is 40.9 Å². The molecule has 0 saturated heterocycles. The van der Waals surface area contributed by atoms with Crippen LogP contribution in [0.25, 0.3) is 0 Å². The van der Waals surface area contributed by atoms with Gasteiger partial charge in [0.2, 0.25) is 0 Å². The fraction of sp³-hybridized carbons (Fsp3) is 0.412. The van der Waals surface area contributed by atoms with Crippen molar-refractivity contribution in [2.45, 2.75) is 40.2 Å². The molecule has 1 unspecified atom stereocenters. The van der Waals surface area contributed by atoms with Crippen LogP contribution >= 0.6 is 0 Å². The molecule has 20 heavy (non-hydrogen) atoms. The highest BCUT2D eigenvalue weighted by molar-refractivity contribution is 5.52. The first kappa shape index (κ1) is 13.1. The Balaban J connectivity index is 2.02. The molecule has 0 N–H and O–H groups in total. The van der Waals surface area contributed by atoms with Gasteiger partial charge in [-0.2, -0.15) is 0 Å². The fourth-order valence-corrected chi connectivity index (χ4v) is 3.07. The van der Waals surface area contributed by atoms with E-state index in [2.05, 4.69) is 53.8 Å². The first-order valence-corrected chi connectivity index (χ1v) is 7.22. The van der Waals surface area contributed by atoms with Gasteiger partial charge in [-0.3, -0.25) is 0 Å². The van der Waals surface area contributed by atoms with Crippen molar-refractivity contribution in [3.8, 4) is 0 Å². The first-order chi connectivity index (χ1) is 9.58. The van der Waals surface area contributed by atoms with Gasteiger partial charge < -0.3 is 4.90 Å². The summed E-state index contributed by atoms with van der Waals surface area (Å²) >= 11 is 0. The summed E-state index contributed by atoms with van der Waals surface area (Å²) in [5, 5.41) is 0. The Bertz CT molecular complexity index is 649. The SMILES string of the molecule is Cc1ccc2c(c1)CCN(c1ncnc(C)c1C)C2C. The summed E-state index contributed by atoms with van der Waals surface area (Å²) in [6, 6.07) is 7.16. The molecule has 3 rings (SSSR count). The van der Waals surface area contributed by atoms with E-state index in [4.69, 9.17) is 0 Å². The molecule has 0 fully saturated rings. The van der Waals surface area contributed by atoms with Crippen LogP contribution in [0.4, 0.5) is 5.82 Å². The minimum Gasteiger partial charge on any atom is -0.349 e. The van der Waals surface area contributed by atoms with Crippen LogP contribution in [0.3, 0.4) is 0 Å². The van der Waals surface area contributed by atoms with E-state index in [1.165, 1.54) is 22.3 Å². The van der Waals surface area contributed by atoms with Gasteiger partial charge in [-0.15, -0.1) is 0 Å². The molecule has 2 aromatic rings. The molecule has 0 spiro atoms. The second kappa shape index (κ2) is 4.89. The van der Waals surface area contributed by atoms with Gasteiger partial charge in [-0.25, -0.2) is 9.97 Å². The molecule has 0 aliphatic carbocycles. The average molecular weight is 267 g/mol. The van der Waals surface area contributed by atoms with Gasteiger partial charge in [0.05, 0.1) is 6.04 Å². The number of fused-ring (bicyclic) bond motifs is 1. The Morgan fingerprint density at radius 2 is 1.95 bits per heavy atom. The van der Waals surface area contributed by atoms with Crippen LogP contribution in [0.15, 0.2) is 24.5 Å². The van der Waals surface area contributed by atoms with Crippen LogP contribution in [-0.2, 0) is 6.42 Å². The quantitative estimate of drug-likeness (QED) is 0.791. The van der Waals surface area contributed by atoms with E-state index < -0.39 is 0 Å². The van der Waals surface area contributed by atoms with Crippen molar-refractivity contribution in [1.29, 1.82) is 0 Å². The number of aryl methyl sites for hydroxylation is 2. The highest BCUT2D eigenvalue weighted by atomic mass is 15.2. The van der Waals surface area contributed by atoms with E-state index >= 15 is 0 Å². The number of benzene rings is 1. The van der Waals surface area contributed by atoms with Crippen molar-refractivity contribution in [3.05, 3.63) is 52.5 Å². The molecule has 3 heteroatoms. The highest BCUT2D eigenvalue weighted by Crippen LogP contribution is 2.34. The van der Waals surface area contributed by atoms with Gasteiger partial charge in [-0.05, 0) is 45.2 Å². The number of rotatable bonds is 1. The number of aromatic nitrogens is 2. The number of anilines is 1. The van der Waals surface area contributed by atoms with Gasteiger partial charge in [0.25, 0.3) is 0 Å². The molecule has 1 aromatic carbocycles. The van der Waals surface area contributed by atoms with E-state index in [9.17, 15) is 0 Å². The lowest BCUT2D eigenvalue weighted by Crippen LogP contribution is -2.35. The Morgan fingerprint density at radius 1 is 1.15 bits per heavy atom. The van der Waals surface area contributed by atoms with Crippen LogP contribution in [0.2, 0.25) is 0 Å². The van der Waals surface area contributed by atoms with Crippen LogP contribution in [-0.4, -0.2) is 16.5 Å². The Kier molecular flexibility index (Phi) is 3.20. The molecule has 0 saturated carbocycles. The Labute approximate surface area is 120 Å². The summed E-state index contributed by atoms with van der Waals surface area (Å²) in [6.07, 6.45) is 2.76. The predicted octanol–water partition coefficient (Wildman–Crippen LogP) is 3.53. The number of nitrogens with zero attached hydrogens (tertiary/aromatic N) is 3. The van der Waals surface area contributed by atoms with Gasteiger partial charge in [0.1, 0.15) is 12.1 Å². The Hall–Kier alpha value is -1.90. The second-order valence-electron chi connectivity index (χ2n) is 5.73. The molecular weight excluding hydrogens is 246 g/mol. The van der Waals surface area contributed by atoms with Crippen molar-refractivity contribution in [2.24, 2.45) is 0 Å². The van der Waals surface area contributed by atoms with Crippen molar-refractivity contribution < 1.29 is 0 Å². The average Bonchev–Trinajstić information content (AvgIpc) is 2.43. The molecule has 0 amide bonds. The fourth-order valence-electron chi connectivity index (χ4n) is 3.07. The van der Waals surface area contributed by atoms with E-state index in [0.29, 0.717) is 6.04 Å². The van der Waals surface area contributed by atoms with Gasteiger partial charge >= 0.3 is 0 Å². The largest absolute Gasteiger partial charge is 0.349 e. The summed E-state index contributed by atoms with van der Waals surface area (Å²) in [5.41, 5.74) is 6.51. The normalized spacial score (nSPS) is 18.0. The second-order valence-corrected chi connectivity index (χ2v) is 5.73. The first-order valence-electron chi connectivity index (χ1n) is 7.22. The maximum Gasteiger partial charge on any atom is 0.135 e. The zero-order valence-corrected chi connectivity index (χ0v) is 12.6. The zero-order valence-electron chi connectivity index (χ0n) is 12.6. The third kappa shape index (κ3) is 2.07. The van der Waals surface area contributed by atoms with Crippen LogP contribution < -0.4 is 4.90 Å². The molecule has 1 aliphatic heterocycles. The number of hydrogen-bond acceptors (Lipinski definition) is 3. The standard InChI is InChI=1S/C17H21N3/c1-11-5-6-16-14(4)20(8-7-15(16)9-11)17-12(2)13(3)18-10-19-17/h5-6,9-10,14H,7-8H2,1-4H3. The molecule has 0 bridgehead atoms. The van der Waals surface area contributed by atoms with E-state index in [1.807, 2.05) is 6.92 Å². The maximum atomic E-state index is 4.52. The molecule has 1 atom stereocenters. The molecule has 0 radical (unpaired) electrons. The zero-order chi connectivity index (χ0) is 14.3. The number of hydrogen-bond donors (Lipinski definition) is 0. The predicted molar refractivity (Wildman–Crippen MR) is 82.2 cm³/mol. The summed E-state index contributed by atoms with van der Waals surface area (Å²) in [6.45, 7) is 9.61. The minimum atomic E-state index is 0.368. The minimum absolute atomic E-state index is 0.368. The molecule has 1 aliphatic rings. The summed E-state index contributed by atoms with van der Waals surface area (Å²) in [4.78, 5) is 11.2. The maximum absolute atomic E-state index is 4.52. The molecule has 3 nitrogen and oxygen atoms in total. The summed E-state index contributed by atoms with van der Waals surface area (Å²) in [7, 11) is 0. The lowest BCUT2D eigenvalue weighted by Gasteiger charge is -2.37. The highest BCUT2D eigenvalue weighted by Gasteiger charge is 2.26. The van der Waals surface area contributed by atoms with E-state index in [-0.39, 0.29) is 0 Å². The smallest absolute Gasteiger partial charge is 0.135 e. The summed E-state index contributed by atoms with van der Waals surface area (Å²) < 4.78 is 0. The molecule has 1 aromatic heterocycles. The Morgan fingerprint density at radius 3 is 2.75 bits per heavy atom. The van der Waals surface area contributed by atoms with Crippen molar-refractivity contribution in [1.82, 2.24) is 9.97 Å². The lowest BCUT2D eigenvalue weighted by atomic mass is 9.92. The molecule has 2 heterocycles. The third-order valence-electron chi connectivity index (χ3n) is 4.42. The van der Waals surface area contributed by atoms with Crippen LogP contribution in [0.5, 0.6) is 0 Å². The monoisotopic (exact) mass is 267 g/mol. The van der Waals surface area contributed by atoms with E-state index in [0.717, 1.165) is 24.5 Å². The van der Waals surface area contributed by atoms with Crippen molar-refractivity contribution >= 4 is 5.82 Å². The topological polar surface area (TPSA) is 29.0 Å². The van der Waals surface area contributed by atoms with Crippen molar-refractivity contribution in [2.75, 3.05) is 11.4 Å².